The lowest BCUT2D eigenvalue weighted by Crippen LogP contribution is -2.35. The smallest absolute Gasteiger partial charge is 0.310 e. The lowest BCUT2D eigenvalue weighted by atomic mass is 9.79. The van der Waals surface area contributed by atoms with Gasteiger partial charge in [-0.3, -0.25) is 19.7 Å². The van der Waals surface area contributed by atoms with Crippen LogP contribution in [0.25, 0.3) is 0 Å². The zero-order valence-electron chi connectivity index (χ0n) is 12.5. The Balaban J connectivity index is 1.56. The van der Waals surface area contributed by atoms with Crippen LogP contribution in [-0.2, 0) is 14.3 Å². The van der Waals surface area contributed by atoms with Gasteiger partial charge in [0, 0.05) is 23.2 Å². The molecular weight excluding hydrogens is 300 g/mol. The van der Waals surface area contributed by atoms with Gasteiger partial charge < -0.3 is 10.1 Å². The summed E-state index contributed by atoms with van der Waals surface area (Å²) in [4.78, 5) is 35.1. The summed E-state index contributed by atoms with van der Waals surface area (Å²) in [7, 11) is 0. The number of amides is 1. The van der Waals surface area contributed by atoms with E-state index in [-0.39, 0.29) is 47.3 Å². The van der Waals surface area contributed by atoms with E-state index in [0.29, 0.717) is 11.3 Å². The molecule has 0 aromatic heterocycles. The Morgan fingerprint density at radius 2 is 2.17 bits per heavy atom. The second-order valence-electron chi connectivity index (χ2n) is 6.67. The summed E-state index contributed by atoms with van der Waals surface area (Å²) >= 11 is 0. The van der Waals surface area contributed by atoms with Gasteiger partial charge in [0.05, 0.1) is 16.8 Å². The van der Waals surface area contributed by atoms with Crippen LogP contribution in [0, 0.1) is 40.7 Å². The van der Waals surface area contributed by atoms with Crippen molar-refractivity contribution in [3.63, 3.8) is 0 Å². The minimum Gasteiger partial charge on any atom is -0.462 e. The predicted molar refractivity (Wildman–Crippen MR) is 79.5 cm³/mol. The molecule has 3 fully saturated rings. The van der Waals surface area contributed by atoms with E-state index < -0.39 is 4.92 Å². The quantitative estimate of drug-likeness (QED) is 0.522. The lowest BCUT2D eigenvalue weighted by Gasteiger charge is -2.23. The number of carbonyl (C=O) groups excluding carboxylic acids is 2. The summed E-state index contributed by atoms with van der Waals surface area (Å²) < 4.78 is 5.33. The fraction of sp³-hybridized carbons (Fsp3) is 0.500. The van der Waals surface area contributed by atoms with Gasteiger partial charge in [-0.15, -0.1) is 0 Å². The highest BCUT2D eigenvalue weighted by Crippen LogP contribution is 2.57. The number of aryl methyl sites for hydroxylation is 1. The third-order valence-corrected chi connectivity index (χ3v) is 5.46. The molecule has 1 aromatic carbocycles. The van der Waals surface area contributed by atoms with Gasteiger partial charge in [0.15, 0.2) is 0 Å². The molecule has 0 spiro atoms. The van der Waals surface area contributed by atoms with Gasteiger partial charge in [-0.05, 0) is 31.7 Å². The number of carbonyl (C=O) groups is 2. The molecule has 0 radical (unpaired) electrons. The lowest BCUT2D eigenvalue weighted by molar-refractivity contribution is -0.385. The Bertz CT molecular complexity index is 729. The highest BCUT2D eigenvalue weighted by Gasteiger charge is 2.63. The molecule has 7 nitrogen and oxygen atoms in total. The summed E-state index contributed by atoms with van der Waals surface area (Å²) in [6, 6.07) is 4.60. The monoisotopic (exact) mass is 316 g/mol. The van der Waals surface area contributed by atoms with Gasteiger partial charge in [-0.2, -0.15) is 0 Å². The number of nitro benzene ring substituents is 1. The van der Waals surface area contributed by atoms with Crippen LogP contribution in [0.5, 0.6) is 0 Å². The summed E-state index contributed by atoms with van der Waals surface area (Å²) in [6.45, 7) is 1.65. The largest absolute Gasteiger partial charge is 0.462 e. The molecular formula is C16H16N2O5. The highest BCUT2D eigenvalue weighted by atomic mass is 16.6. The number of nitrogens with zero attached hydrogens (tertiary/aromatic N) is 1. The number of hydrogen-bond acceptors (Lipinski definition) is 5. The normalized spacial score (nSPS) is 33.6. The van der Waals surface area contributed by atoms with Crippen LogP contribution in [0.1, 0.15) is 18.4 Å². The number of rotatable bonds is 3. The van der Waals surface area contributed by atoms with Crippen LogP contribution in [0.2, 0.25) is 0 Å². The SMILES string of the molecule is Cc1ccc(NC(=O)C2C3CC4OC(=O)C2C4C3)cc1[N+](=O)[O-]. The molecule has 23 heavy (non-hydrogen) atoms. The van der Waals surface area contributed by atoms with Crippen LogP contribution < -0.4 is 5.32 Å². The summed E-state index contributed by atoms with van der Waals surface area (Å²) in [5, 5.41) is 13.7. The molecule has 5 unspecified atom stereocenters. The van der Waals surface area contributed by atoms with Crippen LogP contribution in [0.4, 0.5) is 11.4 Å². The first-order valence-electron chi connectivity index (χ1n) is 7.72. The van der Waals surface area contributed by atoms with Crippen molar-refractivity contribution in [2.75, 3.05) is 5.32 Å². The maximum atomic E-state index is 12.6. The van der Waals surface area contributed by atoms with Crippen molar-refractivity contribution < 1.29 is 19.2 Å². The number of esters is 1. The van der Waals surface area contributed by atoms with Crippen molar-refractivity contribution in [3.05, 3.63) is 33.9 Å². The second-order valence-corrected chi connectivity index (χ2v) is 6.67. The maximum absolute atomic E-state index is 12.6. The Kier molecular flexibility index (Phi) is 2.94. The minimum atomic E-state index is -0.471. The van der Waals surface area contributed by atoms with Gasteiger partial charge in [0.1, 0.15) is 6.10 Å². The summed E-state index contributed by atoms with van der Waals surface area (Å²) in [5.41, 5.74) is 0.893. The summed E-state index contributed by atoms with van der Waals surface area (Å²) in [5.74, 6) is -0.906. The van der Waals surface area contributed by atoms with E-state index in [1.165, 1.54) is 6.07 Å². The zero-order chi connectivity index (χ0) is 16.3. The number of anilines is 1. The molecule has 1 saturated heterocycles. The van der Waals surface area contributed by atoms with E-state index in [4.69, 9.17) is 4.74 Å². The third kappa shape index (κ3) is 2.03. The highest BCUT2D eigenvalue weighted by molar-refractivity contribution is 5.97. The van der Waals surface area contributed by atoms with E-state index in [2.05, 4.69) is 5.32 Å². The number of nitro groups is 1. The fourth-order valence-electron chi connectivity index (χ4n) is 4.47. The van der Waals surface area contributed by atoms with Crippen LogP contribution in [0.3, 0.4) is 0 Å². The molecule has 2 bridgehead atoms. The maximum Gasteiger partial charge on any atom is 0.310 e. The van der Waals surface area contributed by atoms with Crippen molar-refractivity contribution in [2.45, 2.75) is 25.9 Å². The molecule has 1 amide bonds. The molecule has 1 N–H and O–H groups in total. The van der Waals surface area contributed by atoms with Crippen molar-refractivity contribution in [3.8, 4) is 0 Å². The summed E-state index contributed by atoms with van der Waals surface area (Å²) in [6.07, 6.45) is 1.59. The number of hydrogen-bond donors (Lipinski definition) is 1. The van der Waals surface area contributed by atoms with E-state index in [1.807, 2.05) is 0 Å². The van der Waals surface area contributed by atoms with Crippen molar-refractivity contribution >= 4 is 23.3 Å². The molecule has 2 saturated carbocycles. The molecule has 120 valence electrons. The van der Waals surface area contributed by atoms with Crippen LogP contribution >= 0.6 is 0 Å². The standard InChI is InChI=1S/C16H16N2O5/c1-7-2-3-9(6-11(7)18(21)22)17-15(19)13-8-4-10-12(5-8)23-16(20)14(10)13/h2-3,6,8,10,12-14H,4-5H2,1H3,(H,17,19). The average molecular weight is 316 g/mol. The molecule has 5 atom stereocenters. The van der Waals surface area contributed by atoms with Gasteiger partial charge >= 0.3 is 5.97 Å². The first kappa shape index (κ1) is 14.2. The number of ether oxygens (including phenoxy) is 1. The molecule has 1 aromatic rings. The third-order valence-electron chi connectivity index (χ3n) is 5.46. The minimum absolute atomic E-state index is 0.0120. The van der Waals surface area contributed by atoms with Crippen molar-refractivity contribution in [1.82, 2.24) is 0 Å². The molecule has 3 aliphatic rings. The Morgan fingerprint density at radius 3 is 2.91 bits per heavy atom. The van der Waals surface area contributed by atoms with Gasteiger partial charge in [-0.25, -0.2) is 0 Å². The molecule has 7 heteroatoms. The molecule has 1 heterocycles. The van der Waals surface area contributed by atoms with Crippen LogP contribution in [0.15, 0.2) is 18.2 Å². The van der Waals surface area contributed by atoms with Crippen molar-refractivity contribution in [2.24, 2.45) is 23.7 Å². The Hall–Kier alpha value is -2.44. The average Bonchev–Trinajstić information content (AvgIpc) is 3.10. The van der Waals surface area contributed by atoms with E-state index >= 15 is 0 Å². The number of benzene rings is 1. The molecule has 2 aliphatic carbocycles. The number of nitrogens with one attached hydrogen (secondary N) is 1. The fourth-order valence-corrected chi connectivity index (χ4v) is 4.47. The number of fused-ring (bicyclic) bond motifs is 1. The van der Waals surface area contributed by atoms with Gasteiger partial charge in [0.25, 0.3) is 5.69 Å². The predicted octanol–water partition coefficient (Wildman–Crippen LogP) is 2.04. The van der Waals surface area contributed by atoms with E-state index in [9.17, 15) is 19.7 Å². The molecule has 4 rings (SSSR count). The van der Waals surface area contributed by atoms with Gasteiger partial charge in [-0.1, -0.05) is 6.07 Å². The first-order chi connectivity index (χ1) is 11.0. The second kappa shape index (κ2) is 4.78. The van der Waals surface area contributed by atoms with Gasteiger partial charge in [0.2, 0.25) is 5.91 Å². The van der Waals surface area contributed by atoms with Crippen LogP contribution in [-0.4, -0.2) is 22.9 Å². The Labute approximate surface area is 132 Å². The first-order valence-corrected chi connectivity index (χ1v) is 7.72. The molecule has 1 aliphatic heterocycles. The van der Waals surface area contributed by atoms with E-state index in [0.717, 1.165) is 12.8 Å². The topological polar surface area (TPSA) is 98.5 Å². The van der Waals surface area contributed by atoms with Crippen molar-refractivity contribution in [1.29, 1.82) is 0 Å². The zero-order valence-corrected chi connectivity index (χ0v) is 12.5. The van der Waals surface area contributed by atoms with E-state index in [1.54, 1.807) is 19.1 Å². The Morgan fingerprint density at radius 1 is 1.39 bits per heavy atom.